The predicted molar refractivity (Wildman–Crippen MR) is 76.4 cm³/mol. The van der Waals surface area contributed by atoms with E-state index in [0.717, 1.165) is 23.9 Å². The number of terminal acetylenes is 1. The van der Waals surface area contributed by atoms with Crippen molar-refractivity contribution < 1.29 is 0 Å². The number of thioether (sulfide) groups is 1. The molecule has 2 rings (SSSR count). The highest BCUT2D eigenvalue weighted by molar-refractivity contribution is 7.99. The lowest BCUT2D eigenvalue weighted by Gasteiger charge is -2.32. The van der Waals surface area contributed by atoms with E-state index in [4.69, 9.17) is 6.42 Å². The van der Waals surface area contributed by atoms with Crippen LogP contribution in [-0.2, 0) is 0 Å². The Labute approximate surface area is 110 Å². The Kier molecular flexibility index (Phi) is 5.21. The first-order valence-corrected chi connectivity index (χ1v) is 8.05. The molecule has 0 bridgehead atoms. The summed E-state index contributed by atoms with van der Waals surface area (Å²) >= 11 is 2.03. The topological polar surface area (TPSA) is 15.3 Å². The zero-order chi connectivity index (χ0) is 12.1. The standard InChI is InChI=1S/C14H24N2S/c1-3-8-16-9-6-12(7-10-16)15-13-4-5-14(11-13)17-2/h1,12-15H,4-11H2,2H3. The van der Waals surface area contributed by atoms with Gasteiger partial charge < -0.3 is 5.32 Å². The van der Waals surface area contributed by atoms with Crippen molar-refractivity contribution in [2.45, 2.75) is 49.4 Å². The maximum absolute atomic E-state index is 5.35. The molecule has 2 atom stereocenters. The minimum absolute atomic E-state index is 0.731. The zero-order valence-electron chi connectivity index (χ0n) is 10.8. The second-order valence-electron chi connectivity index (χ2n) is 5.29. The Balaban J connectivity index is 1.67. The van der Waals surface area contributed by atoms with Gasteiger partial charge in [0.1, 0.15) is 0 Å². The van der Waals surface area contributed by atoms with Crippen LogP contribution in [0, 0.1) is 12.3 Å². The number of hydrogen-bond acceptors (Lipinski definition) is 3. The fourth-order valence-electron chi connectivity index (χ4n) is 3.03. The SMILES string of the molecule is C#CCN1CCC(NC2CCC(SC)C2)CC1. The molecule has 1 saturated carbocycles. The molecule has 17 heavy (non-hydrogen) atoms. The molecular weight excluding hydrogens is 228 g/mol. The highest BCUT2D eigenvalue weighted by Gasteiger charge is 2.27. The fraction of sp³-hybridized carbons (Fsp3) is 0.857. The molecule has 3 heteroatoms. The van der Waals surface area contributed by atoms with Gasteiger partial charge in [-0.25, -0.2) is 0 Å². The first-order valence-electron chi connectivity index (χ1n) is 6.76. The Morgan fingerprint density at radius 2 is 2.00 bits per heavy atom. The summed E-state index contributed by atoms with van der Waals surface area (Å²) in [5.41, 5.74) is 0. The van der Waals surface area contributed by atoms with Crippen molar-refractivity contribution >= 4 is 11.8 Å². The summed E-state index contributed by atoms with van der Waals surface area (Å²) in [6, 6.07) is 1.51. The van der Waals surface area contributed by atoms with Crippen molar-refractivity contribution in [3.63, 3.8) is 0 Å². The van der Waals surface area contributed by atoms with Gasteiger partial charge in [-0.05, 0) is 38.4 Å². The van der Waals surface area contributed by atoms with Gasteiger partial charge in [0.25, 0.3) is 0 Å². The number of nitrogens with zero attached hydrogens (tertiary/aromatic N) is 1. The molecule has 0 aromatic rings. The van der Waals surface area contributed by atoms with Crippen LogP contribution in [-0.4, -0.2) is 48.1 Å². The fourth-order valence-corrected chi connectivity index (χ4v) is 3.82. The lowest BCUT2D eigenvalue weighted by molar-refractivity contribution is 0.209. The number of likely N-dealkylation sites (tertiary alicyclic amines) is 1. The molecule has 0 amide bonds. The van der Waals surface area contributed by atoms with Crippen molar-refractivity contribution in [1.29, 1.82) is 0 Å². The quantitative estimate of drug-likeness (QED) is 0.770. The number of rotatable bonds is 4. The molecule has 2 fully saturated rings. The summed E-state index contributed by atoms with van der Waals surface area (Å²) in [5, 5.41) is 4.75. The summed E-state index contributed by atoms with van der Waals surface area (Å²) < 4.78 is 0. The molecule has 0 radical (unpaired) electrons. The molecule has 1 heterocycles. The molecule has 1 aliphatic carbocycles. The summed E-state index contributed by atoms with van der Waals surface area (Å²) in [4.78, 5) is 2.39. The number of piperidine rings is 1. The Bertz CT molecular complexity index is 266. The van der Waals surface area contributed by atoms with Gasteiger partial charge in [-0.1, -0.05) is 5.92 Å². The predicted octanol–water partition coefficient (Wildman–Crippen LogP) is 1.96. The molecule has 0 spiro atoms. The Morgan fingerprint density at radius 1 is 1.24 bits per heavy atom. The summed E-state index contributed by atoms with van der Waals surface area (Å²) in [7, 11) is 0. The molecule has 2 unspecified atom stereocenters. The van der Waals surface area contributed by atoms with E-state index in [9.17, 15) is 0 Å². The third-order valence-electron chi connectivity index (χ3n) is 4.09. The van der Waals surface area contributed by atoms with Crippen LogP contribution in [0.15, 0.2) is 0 Å². The first-order chi connectivity index (χ1) is 8.31. The van der Waals surface area contributed by atoms with Crippen molar-refractivity contribution in [3.8, 4) is 12.3 Å². The van der Waals surface area contributed by atoms with Crippen LogP contribution >= 0.6 is 11.8 Å². The lowest BCUT2D eigenvalue weighted by atomic mass is 10.0. The van der Waals surface area contributed by atoms with Crippen LogP contribution in [0.3, 0.4) is 0 Å². The average Bonchev–Trinajstić information content (AvgIpc) is 2.80. The minimum atomic E-state index is 0.731. The maximum atomic E-state index is 5.35. The summed E-state index contributed by atoms with van der Waals surface area (Å²) in [6.45, 7) is 3.16. The van der Waals surface area contributed by atoms with Crippen molar-refractivity contribution in [2.75, 3.05) is 25.9 Å². The van der Waals surface area contributed by atoms with Gasteiger partial charge in [-0.3, -0.25) is 4.90 Å². The highest BCUT2D eigenvalue weighted by Crippen LogP contribution is 2.29. The first kappa shape index (κ1) is 13.3. The largest absolute Gasteiger partial charge is 0.311 e. The second kappa shape index (κ2) is 6.68. The van der Waals surface area contributed by atoms with E-state index in [-0.39, 0.29) is 0 Å². The normalized spacial score (nSPS) is 31.5. The zero-order valence-corrected chi connectivity index (χ0v) is 11.6. The maximum Gasteiger partial charge on any atom is 0.0598 e. The van der Waals surface area contributed by atoms with E-state index in [2.05, 4.69) is 22.4 Å². The minimum Gasteiger partial charge on any atom is -0.311 e. The molecule has 1 aliphatic heterocycles. The van der Waals surface area contributed by atoms with Crippen LogP contribution in [0.1, 0.15) is 32.1 Å². The second-order valence-corrected chi connectivity index (χ2v) is 6.43. The third-order valence-corrected chi connectivity index (χ3v) is 5.19. The monoisotopic (exact) mass is 252 g/mol. The Hall–Kier alpha value is -0.170. The van der Waals surface area contributed by atoms with E-state index in [1.165, 1.54) is 45.2 Å². The molecule has 2 nitrogen and oxygen atoms in total. The van der Waals surface area contributed by atoms with Crippen LogP contribution in [0.25, 0.3) is 0 Å². The smallest absolute Gasteiger partial charge is 0.0598 e. The van der Waals surface area contributed by atoms with E-state index in [0.29, 0.717) is 0 Å². The van der Waals surface area contributed by atoms with Crippen LogP contribution in [0.4, 0.5) is 0 Å². The molecule has 96 valence electrons. The highest BCUT2D eigenvalue weighted by atomic mass is 32.2. The lowest BCUT2D eigenvalue weighted by Crippen LogP contribution is -2.45. The molecule has 1 saturated heterocycles. The van der Waals surface area contributed by atoms with Crippen molar-refractivity contribution in [1.82, 2.24) is 10.2 Å². The third kappa shape index (κ3) is 3.91. The molecule has 0 aromatic heterocycles. The average molecular weight is 252 g/mol. The van der Waals surface area contributed by atoms with E-state index in [1.807, 2.05) is 11.8 Å². The summed E-state index contributed by atoms with van der Waals surface area (Å²) in [5.74, 6) is 2.74. The summed E-state index contributed by atoms with van der Waals surface area (Å²) in [6.07, 6.45) is 14.3. The van der Waals surface area contributed by atoms with E-state index in [1.54, 1.807) is 0 Å². The molecule has 2 aliphatic rings. The molecule has 0 aromatic carbocycles. The van der Waals surface area contributed by atoms with Gasteiger partial charge in [0, 0.05) is 30.4 Å². The van der Waals surface area contributed by atoms with Gasteiger partial charge in [0.2, 0.25) is 0 Å². The molecule has 1 N–H and O–H groups in total. The van der Waals surface area contributed by atoms with Crippen molar-refractivity contribution in [2.24, 2.45) is 0 Å². The van der Waals surface area contributed by atoms with Gasteiger partial charge in [0.05, 0.1) is 6.54 Å². The van der Waals surface area contributed by atoms with Gasteiger partial charge in [-0.2, -0.15) is 11.8 Å². The van der Waals surface area contributed by atoms with Gasteiger partial charge >= 0.3 is 0 Å². The van der Waals surface area contributed by atoms with Crippen molar-refractivity contribution in [3.05, 3.63) is 0 Å². The van der Waals surface area contributed by atoms with E-state index >= 15 is 0 Å². The van der Waals surface area contributed by atoms with Gasteiger partial charge in [-0.15, -0.1) is 6.42 Å². The Morgan fingerprint density at radius 3 is 2.59 bits per heavy atom. The van der Waals surface area contributed by atoms with Crippen LogP contribution < -0.4 is 5.32 Å². The van der Waals surface area contributed by atoms with Gasteiger partial charge in [0.15, 0.2) is 0 Å². The number of nitrogens with one attached hydrogen (secondary N) is 1. The molecular formula is C14H24N2S. The van der Waals surface area contributed by atoms with E-state index < -0.39 is 0 Å². The van der Waals surface area contributed by atoms with Crippen LogP contribution in [0.5, 0.6) is 0 Å². The van der Waals surface area contributed by atoms with Crippen LogP contribution in [0.2, 0.25) is 0 Å². The number of hydrogen-bond donors (Lipinski definition) is 1.